The second-order valence-electron chi connectivity index (χ2n) is 8.19. The molecule has 4 rings (SSSR count). The summed E-state index contributed by atoms with van der Waals surface area (Å²) in [5.74, 6) is -0.971. The molecule has 2 aromatic carbocycles. The molecule has 2 amide bonds. The van der Waals surface area contributed by atoms with Crippen LogP contribution in [0.1, 0.15) is 38.5 Å². The summed E-state index contributed by atoms with van der Waals surface area (Å²) in [4.78, 5) is 27.4. The molecule has 33 heavy (non-hydrogen) atoms. The standard InChI is InChI=1S/C24H24BrClN2O4S/c25-18-6-12-21(13-7-18)33(31,32)27(15-14-17-4-2-1-3-5-17)22-16-23(29)28(24(22)30)20-10-8-19(26)9-11-20/h4,6-13,22H,1-3,5,14-16H2. The summed E-state index contributed by atoms with van der Waals surface area (Å²) >= 11 is 9.26. The van der Waals surface area contributed by atoms with Crippen molar-refractivity contribution in [3.63, 3.8) is 0 Å². The lowest BCUT2D eigenvalue weighted by atomic mass is 9.97. The molecule has 0 N–H and O–H groups in total. The number of imide groups is 1. The van der Waals surface area contributed by atoms with E-state index in [9.17, 15) is 18.0 Å². The second kappa shape index (κ2) is 10.1. The van der Waals surface area contributed by atoms with E-state index >= 15 is 0 Å². The van der Waals surface area contributed by atoms with Crippen LogP contribution in [0.4, 0.5) is 5.69 Å². The fraction of sp³-hybridized carbons (Fsp3) is 0.333. The third-order valence-corrected chi connectivity index (χ3v) is 8.72. The quantitative estimate of drug-likeness (QED) is 0.345. The molecule has 0 spiro atoms. The summed E-state index contributed by atoms with van der Waals surface area (Å²) in [7, 11) is -4.01. The van der Waals surface area contributed by atoms with Gasteiger partial charge in [-0.1, -0.05) is 39.2 Å². The van der Waals surface area contributed by atoms with Crippen molar-refractivity contribution in [1.29, 1.82) is 0 Å². The molecule has 1 fully saturated rings. The van der Waals surface area contributed by atoms with Crippen molar-refractivity contribution in [3.8, 4) is 0 Å². The third kappa shape index (κ3) is 5.24. The van der Waals surface area contributed by atoms with Crippen LogP contribution in [0.3, 0.4) is 0 Å². The van der Waals surface area contributed by atoms with Gasteiger partial charge < -0.3 is 0 Å². The van der Waals surface area contributed by atoms with E-state index in [1.807, 2.05) is 0 Å². The molecule has 6 nitrogen and oxygen atoms in total. The molecule has 174 valence electrons. The minimum atomic E-state index is -4.01. The summed E-state index contributed by atoms with van der Waals surface area (Å²) in [6, 6.07) is 11.6. The first kappa shape index (κ1) is 24.1. The average molecular weight is 552 g/mol. The van der Waals surface area contributed by atoms with Crippen molar-refractivity contribution in [2.45, 2.75) is 49.5 Å². The Bertz CT molecular complexity index is 1180. The lowest BCUT2D eigenvalue weighted by molar-refractivity contribution is -0.122. The number of halogens is 2. The Morgan fingerprint density at radius 1 is 1.03 bits per heavy atom. The lowest BCUT2D eigenvalue weighted by Gasteiger charge is -2.27. The summed E-state index contributed by atoms with van der Waals surface area (Å²) in [5.41, 5.74) is 1.58. The molecule has 2 aliphatic rings. The number of carbonyl (C=O) groups excluding carboxylic acids is 2. The van der Waals surface area contributed by atoms with Gasteiger partial charge in [-0.15, -0.1) is 0 Å². The van der Waals surface area contributed by atoms with Gasteiger partial charge in [-0.05, 0) is 80.6 Å². The molecule has 1 unspecified atom stereocenters. The van der Waals surface area contributed by atoms with Crippen LogP contribution in [0.25, 0.3) is 0 Å². The number of rotatable bonds is 7. The zero-order valence-electron chi connectivity index (χ0n) is 17.9. The van der Waals surface area contributed by atoms with Crippen molar-refractivity contribution in [1.82, 2.24) is 4.31 Å². The molecular formula is C24H24BrClN2O4S. The van der Waals surface area contributed by atoms with E-state index in [1.54, 1.807) is 36.4 Å². The summed E-state index contributed by atoms with van der Waals surface area (Å²) in [6.07, 6.45) is 6.63. The molecule has 1 aliphatic heterocycles. The molecule has 1 aliphatic carbocycles. The first-order valence-electron chi connectivity index (χ1n) is 10.8. The fourth-order valence-electron chi connectivity index (χ4n) is 4.27. The van der Waals surface area contributed by atoms with Crippen LogP contribution in [-0.2, 0) is 19.6 Å². The van der Waals surface area contributed by atoms with E-state index in [1.165, 1.54) is 22.0 Å². The summed E-state index contributed by atoms with van der Waals surface area (Å²) in [5, 5.41) is 0.481. The molecular weight excluding hydrogens is 528 g/mol. The number of amides is 2. The van der Waals surface area contributed by atoms with Gasteiger partial charge in [0.15, 0.2) is 0 Å². The van der Waals surface area contributed by atoms with E-state index in [-0.39, 0.29) is 17.9 Å². The number of anilines is 1. The highest BCUT2D eigenvalue weighted by Crippen LogP contribution is 2.31. The second-order valence-corrected chi connectivity index (χ2v) is 11.4. The van der Waals surface area contributed by atoms with Gasteiger partial charge in [0.05, 0.1) is 17.0 Å². The number of benzene rings is 2. The smallest absolute Gasteiger partial charge is 0.252 e. The van der Waals surface area contributed by atoms with E-state index in [2.05, 4.69) is 22.0 Å². The van der Waals surface area contributed by atoms with Crippen LogP contribution in [-0.4, -0.2) is 37.1 Å². The molecule has 0 aromatic heterocycles. The minimum Gasteiger partial charge on any atom is -0.274 e. The Hall–Kier alpha value is -2.00. The zero-order chi connectivity index (χ0) is 23.6. The summed E-state index contributed by atoms with van der Waals surface area (Å²) in [6.45, 7) is 0.141. The maximum absolute atomic E-state index is 13.6. The highest BCUT2D eigenvalue weighted by atomic mass is 79.9. The van der Waals surface area contributed by atoms with Gasteiger partial charge in [0.1, 0.15) is 6.04 Å². The number of hydrogen-bond donors (Lipinski definition) is 0. The Labute approximate surface area is 207 Å². The molecule has 1 saturated heterocycles. The fourth-order valence-corrected chi connectivity index (χ4v) is 6.25. The Balaban J connectivity index is 1.67. The van der Waals surface area contributed by atoms with Gasteiger partial charge in [0, 0.05) is 16.0 Å². The monoisotopic (exact) mass is 550 g/mol. The predicted molar refractivity (Wildman–Crippen MR) is 132 cm³/mol. The summed E-state index contributed by atoms with van der Waals surface area (Å²) < 4.78 is 29.2. The van der Waals surface area contributed by atoms with E-state index in [0.717, 1.165) is 35.1 Å². The number of hydrogen-bond acceptors (Lipinski definition) is 4. The normalized spacial score (nSPS) is 19.3. The van der Waals surface area contributed by atoms with Crippen LogP contribution in [0.15, 0.2) is 69.5 Å². The van der Waals surface area contributed by atoms with Crippen LogP contribution in [0.2, 0.25) is 5.02 Å². The number of allylic oxidation sites excluding steroid dienone is 1. The minimum absolute atomic E-state index is 0.0912. The molecule has 0 bridgehead atoms. The Morgan fingerprint density at radius 3 is 2.36 bits per heavy atom. The highest BCUT2D eigenvalue weighted by molar-refractivity contribution is 9.10. The predicted octanol–water partition coefficient (Wildman–Crippen LogP) is 5.32. The first-order chi connectivity index (χ1) is 15.8. The van der Waals surface area contributed by atoms with Gasteiger partial charge >= 0.3 is 0 Å². The number of nitrogens with zero attached hydrogens (tertiary/aromatic N) is 2. The van der Waals surface area contributed by atoms with Crippen LogP contribution in [0, 0.1) is 0 Å². The van der Waals surface area contributed by atoms with Crippen molar-refractivity contribution >= 4 is 55.1 Å². The Kier molecular flexibility index (Phi) is 7.38. The van der Waals surface area contributed by atoms with Crippen molar-refractivity contribution in [2.24, 2.45) is 0 Å². The first-order valence-corrected chi connectivity index (χ1v) is 13.5. The van der Waals surface area contributed by atoms with Crippen LogP contribution >= 0.6 is 27.5 Å². The van der Waals surface area contributed by atoms with Crippen molar-refractivity contribution in [2.75, 3.05) is 11.4 Å². The maximum Gasteiger partial charge on any atom is 0.252 e. The molecule has 2 aromatic rings. The van der Waals surface area contributed by atoms with Crippen molar-refractivity contribution in [3.05, 3.63) is 69.7 Å². The van der Waals surface area contributed by atoms with Crippen LogP contribution < -0.4 is 4.90 Å². The molecule has 1 atom stereocenters. The SMILES string of the molecule is O=C1CC(N(CCC2=CCCCC2)S(=O)(=O)c2ccc(Br)cc2)C(=O)N1c1ccc(Cl)cc1. The van der Waals surface area contributed by atoms with E-state index < -0.39 is 27.9 Å². The topological polar surface area (TPSA) is 74.8 Å². The number of carbonyl (C=O) groups is 2. The molecule has 9 heteroatoms. The lowest BCUT2D eigenvalue weighted by Crippen LogP contribution is -2.46. The van der Waals surface area contributed by atoms with E-state index in [0.29, 0.717) is 17.1 Å². The van der Waals surface area contributed by atoms with Gasteiger partial charge in [0.2, 0.25) is 15.9 Å². The average Bonchev–Trinajstić information content (AvgIpc) is 3.09. The largest absolute Gasteiger partial charge is 0.274 e. The van der Waals surface area contributed by atoms with Gasteiger partial charge in [0.25, 0.3) is 5.91 Å². The van der Waals surface area contributed by atoms with Crippen molar-refractivity contribution < 1.29 is 18.0 Å². The zero-order valence-corrected chi connectivity index (χ0v) is 21.1. The van der Waals surface area contributed by atoms with E-state index in [4.69, 9.17) is 11.6 Å². The highest BCUT2D eigenvalue weighted by Gasteiger charge is 2.46. The molecule has 0 radical (unpaired) electrons. The maximum atomic E-state index is 13.6. The van der Waals surface area contributed by atoms with Crippen LogP contribution in [0.5, 0.6) is 0 Å². The Morgan fingerprint density at radius 2 is 1.73 bits per heavy atom. The number of sulfonamides is 1. The van der Waals surface area contributed by atoms with Gasteiger partial charge in [-0.25, -0.2) is 13.3 Å². The van der Waals surface area contributed by atoms with Gasteiger partial charge in [-0.2, -0.15) is 4.31 Å². The van der Waals surface area contributed by atoms with Gasteiger partial charge in [-0.3, -0.25) is 9.59 Å². The molecule has 1 heterocycles. The molecule has 0 saturated carbocycles. The third-order valence-electron chi connectivity index (χ3n) is 6.01.